The molecule has 5 atom stereocenters. The van der Waals surface area contributed by atoms with Crippen molar-refractivity contribution in [3.05, 3.63) is 0 Å². The molecule has 0 aromatic heterocycles. The zero-order chi connectivity index (χ0) is 15.4. The van der Waals surface area contributed by atoms with Crippen LogP contribution in [0.15, 0.2) is 0 Å². The minimum Gasteiger partial charge on any atom is -0.369 e. The maximum Gasteiger partial charge on any atom is 0.243 e. The van der Waals surface area contributed by atoms with E-state index in [4.69, 9.17) is 11.5 Å². The van der Waals surface area contributed by atoms with Crippen molar-refractivity contribution in [1.82, 2.24) is 5.32 Å². The minimum atomic E-state index is -1.67. The molecule has 4 bridgehead atoms. The van der Waals surface area contributed by atoms with Gasteiger partial charge >= 0.3 is 0 Å². The molecule has 4 amide bonds. The van der Waals surface area contributed by atoms with Crippen molar-refractivity contribution in [1.29, 1.82) is 0 Å². The fraction of sp³-hybridized carbons (Fsp3) is 0.714. The van der Waals surface area contributed by atoms with Crippen LogP contribution in [0.4, 0.5) is 0 Å². The maximum atomic E-state index is 12.6. The highest BCUT2D eigenvalue weighted by Gasteiger charge is 2.66. The van der Waals surface area contributed by atoms with Gasteiger partial charge in [-0.25, -0.2) is 0 Å². The molecule has 5 unspecified atom stereocenters. The molecule has 3 aliphatic rings. The molecule has 114 valence electrons. The lowest BCUT2D eigenvalue weighted by atomic mass is 9.51. The summed E-state index contributed by atoms with van der Waals surface area (Å²) in [7, 11) is 0. The lowest BCUT2D eigenvalue weighted by Crippen LogP contribution is -2.63. The van der Waals surface area contributed by atoms with Gasteiger partial charge in [0.05, 0.1) is 5.92 Å². The van der Waals surface area contributed by atoms with Gasteiger partial charge < -0.3 is 11.5 Å². The topological polar surface area (TPSA) is 132 Å². The number of amides is 4. The zero-order valence-corrected chi connectivity index (χ0v) is 11.6. The van der Waals surface area contributed by atoms with E-state index in [0.29, 0.717) is 25.7 Å². The van der Waals surface area contributed by atoms with E-state index < -0.39 is 29.1 Å². The predicted octanol–water partition coefficient (Wildman–Crippen LogP) is -0.958. The Balaban J connectivity index is 2.21. The van der Waals surface area contributed by atoms with Crippen LogP contribution >= 0.6 is 0 Å². The molecule has 1 heterocycles. The third-order valence-corrected chi connectivity index (χ3v) is 5.69. The molecule has 5 N–H and O–H groups in total. The molecule has 2 aliphatic carbocycles. The van der Waals surface area contributed by atoms with E-state index in [-0.39, 0.29) is 23.7 Å². The van der Waals surface area contributed by atoms with Crippen molar-refractivity contribution < 1.29 is 19.2 Å². The average molecular weight is 293 g/mol. The summed E-state index contributed by atoms with van der Waals surface area (Å²) in [5, 5.41) is 2.31. The Morgan fingerprint density at radius 3 is 2.43 bits per heavy atom. The molecule has 7 heteroatoms. The third-order valence-electron chi connectivity index (χ3n) is 5.69. The molecule has 7 nitrogen and oxygen atoms in total. The van der Waals surface area contributed by atoms with E-state index in [2.05, 4.69) is 5.32 Å². The quantitative estimate of drug-likeness (QED) is 0.447. The molecule has 3 fully saturated rings. The van der Waals surface area contributed by atoms with Gasteiger partial charge in [0.2, 0.25) is 23.6 Å². The van der Waals surface area contributed by atoms with Gasteiger partial charge in [-0.05, 0) is 37.5 Å². The SMILES string of the molecule is NC(=O)C1CCC2C3CCCC2C1(C(N)=O)C(=O)NC3=O. The Kier molecular flexibility index (Phi) is 3.04. The highest BCUT2D eigenvalue weighted by Crippen LogP contribution is 2.56. The second-order valence-electron chi connectivity index (χ2n) is 6.39. The Labute approximate surface area is 121 Å². The Bertz CT molecular complexity index is 546. The van der Waals surface area contributed by atoms with Crippen LogP contribution in [0.25, 0.3) is 0 Å². The van der Waals surface area contributed by atoms with Crippen molar-refractivity contribution >= 4 is 23.6 Å². The van der Waals surface area contributed by atoms with Gasteiger partial charge in [-0.2, -0.15) is 0 Å². The molecule has 2 saturated carbocycles. The predicted molar refractivity (Wildman–Crippen MR) is 71.0 cm³/mol. The van der Waals surface area contributed by atoms with Crippen molar-refractivity contribution in [2.24, 2.45) is 40.6 Å². The number of imide groups is 1. The minimum absolute atomic E-state index is 0.0756. The smallest absolute Gasteiger partial charge is 0.243 e. The fourth-order valence-electron chi connectivity index (χ4n) is 4.87. The third kappa shape index (κ3) is 1.66. The first kappa shape index (κ1) is 14.0. The van der Waals surface area contributed by atoms with E-state index in [1.165, 1.54) is 0 Å². The lowest BCUT2D eigenvalue weighted by molar-refractivity contribution is -0.162. The first-order valence-corrected chi connectivity index (χ1v) is 7.35. The summed E-state index contributed by atoms with van der Waals surface area (Å²) in [5.41, 5.74) is 9.32. The maximum absolute atomic E-state index is 12.6. The number of rotatable bonds is 2. The Hall–Kier alpha value is -1.92. The largest absolute Gasteiger partial charge is 0.369 e. The van der Waals surface area contributed by atoms with Crippen molar-refractivity contribution in [3.8, 4) is 0 Å². The van der Waals surface area contributed by atoms with Crippen LogP contribution in [0.2, 0.25) is 0 Å². The number of nitrogens with two attached hydrogens (primary N) is 2. The Morgan fingerprint density at radius 2 is 1.81 bits per heavy atom. The number of hydrogen-bond acceptors (Lipinski definition) is 4. The van der Waals surface area contributed by atoms with Gasteiger partial charge in [0.25, 0.3) is 0 Å². The van der Waals surface area contributed by atoms with Gasteiger partial charge in [-0.1, -0.05) is 6.42 Å². The molecule has 0 aromatic rings. The first-order chi connectivity index (χ1) is 9.90. The van der Waals surface area contributed by atoms with Crippen LogP contribution < -0.4 is 16.8 Å². The summed E-state index contributed by atoms with van der Waals surface area (Å²) < 4.78 is 0. The van der Waals surface area contributed by atoms with Crippen molar-refractivity contribution in [2.45, 2.75) is 32.1 Å². The Morgan fingerprint density at radius 1 is 1.10 bits per heavy atom. The van der Waals surface area contributed by atoms with Crippen LogP contribution in [-0.2, 0) is 19.2 Å². The van der Waals surface area contributed by atoms with Crippen LogP contribution in [0.5, 0.6) is 0 Å². The van der Waals surface area contributed by atoms with E-state index in [1.807, 2.05) is 0 Å². The number of carbonyl (C=O) groups excluding carboxylic acids is 4. The number of nitrogens with one attached hydrogen (secondary N) is 1. The van der Waals surface area contributed by atoms with Crippen molar-refractivity contribution in [3.63, 3.8) is 0 Å². The van der Waals surface area contributed by atoms with Gasteiger partial charge in [0.1, 0.15) is 5.41 Å². The summed E-state index contributed by atoms with van der Waals surface area (Å²) in [4.78, 5) is 48.9. The molecule has 1 aliphatic heterocycles. The van der Waals surface area contributed by atoms with Gasteiger partial charge in [0, 0.05) is 5.92 Å². The summed E-state index contributed by atoms with van der Waals surface area (Å²) in [6, 6.07) is 0. The lowest BCUT2D eigenvalue weighted by Gasteiger charge is -2.49. The second-order valence-corrected chi connectivity index (χ2v) is 6.39. The van der Waals surface area contributed by atoms with Gasteiger partial charge in [0.15, 0.2) is 0 Å². The van der Waals surface area contributed by atoms with Crippen molar-refractivity contribution in [2.75, 3.05) is 0 Å². The molecule has 0 aromatic carbocycles. The number of hydrogen-bond donors (Lipinski definition) is 3. The standard InChI is InChI=1S/C14H19N3O4/c15-10(18)9-5-4-6-7-2-1-3-8(6)14(9,12(16)20)13(21)17-11(7)19/h6-9H,1-5H2,(H2,15,18)(H2,16,20)(H,17,19,21). The van der Waals surface area contributed by atoms with Gasteiger partial charge in [-0.15, -0.1) is 0 Å². The number of carbonyl (C=O) groups is 4. The highest BCUT2D eigenvalue weighted by molar-refractivity contribution is 6.14. The van der Waals surface area contributed by atoms with Gasteiger partial charge in [-0.3, -0.25) is 24.5 Å². The average Bonchev–Trinajstić information content (AvgIpc) is 2.47. The highest BCUT2D eigenvalue weighted by atomic mass is 16.2. The molecule has 0 spiro atoms. The van der Waals surface area contributed by atoms with E-state index in [9.17, 15) is 19.2 Å². The fourth-order valence-corrected chi connectivity index (χ4v) is 4.87. The molecule has 21 heavy (non-hydrogen) atoms. The van der Waals surface area contributed by atoms with Crippen LogP contribution in [-0.4, -0.2) is 23.6 Å². The summed E-state index contributed by atoms with van der Waals surface area (Å²) in [5.74, 6) is -4.26. The molecule has 1 saturated heterocycles. The zero-order valence-electron chi connectivity index (χ0n) is 11.6. The number of primary amides is 2. The monoisotopic (exact) mass is 293 g/mol. The van der Waals surface area contributed by atoms with E-state index in [1.54, 1.807) is 0 Å². The van der Waals surface area contributed by atoms with Crippen LogP contribution in [0.1, 0.15) is 32.1 Å². The molecular weight excluding hydrogens is 274 g/mol. The summed E-state index contributed by atoms with van der Waals surface area (Å²) >= 11 is 0. The summed E-state index contributed by atoms with van der Waals surface area (Å²) in [6.45, 7) is 0. The van der Waals surface area contributed by atoms with Crippen LogP contribution in [0, 0.1) is 29.1 Å². The molecular formula is C14H19N3O4. The van der Waals surface area contributed by atoms with E-state index in [0.717, 1.165) is 6.42 Å². The second kappa shape index (κ2) is 4.54. The summed E-state index contributed by atoms with van der Waals surface area (Å²) in [6.07, 6.45) is 3.02. The normalized spacial score (nSPS) is 41.9. The first-order valence-electron chi connectivity index (χ1n) is 7.35. The molecule has 0 radical (unpaired) electrons. The van der Waals surface area contributed by atoms with E-state index >= 15 is 0 Å². The molecule has 3 rings (SSSR count). The van der Waals surface area contributed by atoms with Crippen LogP contribution in [0.3, 0.4) is 0 Å².